The third-order valence-electron chi connectivity index (χ3n) is 3.54. The summed E-state index contributed by atoms with van der Waals surface area (Å²) in [5.74, 6) is 0.740. The summed E-state index contributed by atoms with van der Waals surface area (Å²) in [5, 5.41) is 3.37. The average Bonchev–Trinajstić information content (AvgIpc) is 2.41. The van der Waals surface area contributed by atoms with Crippen molar-refractivity contribution in [3.63, 3.8) is 0 Å². The van der Waals surface area contributed by atoms with Crippen LogP contribution in [0.2, 0.25) is 0 Å². The molecule has 1 heterocycles. The van der Waals surface area contributed by atoms with Gasteiger partial charge in [0.25, 0.3) is 0 Å². The summed E-state index contributed by atoms with van der Waals surface area (Å²) >= 11 is 0. The monoisotopic (exact) mass is 262 g/mol. The standard InChI is InChI=1S/C15H22N2O2/c1-12-11-16-7-8-17(12)9-10-19-15-6-4-3-5-14(15)13(2)18/h3-6,12,16H,7-11H2,1-2H3/t12-/m0/s1. The molecule has 0 spiro atoms. The second kappa shape index (κ2) is 6.68. The van der Waals surface area contributed by atoms with Crippen LogP contribution in [0.25, 0.3) is 0 Å². The van der Waals surface area contributed by atoms with Gasteiger partial charge in [0.2, 0.25) is 0 Å². The van der Waals surface area contributed by atoms with Gasteiger partial charge in [-0.2, -0.15) is 0 Å². The number of ketones is 1. The van der Waals surface area contributed by atoms with E-state index in [0.717, 1.165) is 26.2 Å². The Balaban J connectivity index is 1.87. The van der Waals surface area contributed by atoms with E-state index in [9.17, 15) is 4.79 Å². The summed E-state index contributed by atoms with van der Waals surface area (Å²) < 4.78 is 5.77. The van der Waals surface area contributed by atoms with Gasteiger partial charge in [-0.3, -0.25) is 9.69 Å². The van der Waals surface area contributed by atoms with Crippen molar-refractivity contribution in [3.05, 3.63) is 29.8 Å². The number of hydrogen-bond acceptors (Lipinski definition) is 4. The summed E-state index contributed by atoms with van der Waals surface area (Å²) in [6.45, 7) is 8.43. The van der Waals surface area contributed by atoms with Gasteiger partial charge in [-0.1, -0.05) is 12.1 Å². The van der Waals surface area contributed by atoms with Crippen LogP contribution in [0, 0.1) is 0 Å². The molecule has 1 aromatic rings. The van der Waals surface area contributed by atoms with E-state index in [0.29, 0.717) is 24.0 Å². The van der Waals surface area contributed by atoms with Gasteiger partial charge in [0.05, 0.1) is 5.56 Å². The first kappa shape index (κ1) is 14.0. The number of carbonyl (C=O) groups is 1. The van der Waals surface area contributed by atoms with Crippen molar-refractivity contribution in [3.8, 4) is 5.75 Å². The predicted molar refractivity (Wildman–Crippen MR) is 75.8 cm³/mol. The molecule has 1 aliphatic rings. The highest BCUT2D eigenvalue weighted by Crippen LogP contribution is 2.18. The van der Waals surface area contributed by atoms with E-state index in [1.54, 1.807) is 6.92 Å². The number of ether oxygens (including phenoxy) is 1. The normalized spacial score (nSPS) is 20.2. The first-order valence-electron chi connectivity index (χ1n) is 6.86. The zero-order chi connectivity index (χ0) is 13.7. The van der Waals surface area contributed by atoms with Gasteiger partial charge in [-0.15, -0.1) is 0 Å². The van der Waals surface area contributed by atoms with Gasteiger partial charge in [0.15, 0.2) is 5.78 Å². The Morgan fingerprint density at radius 1 is 1.47 bits per heavy atom. The molecule has 0 bridgehead atoms. The predicted octanol–water partition coefficient (Wildman–Crippen LogP) is 1.56. The van der Waals surface area contributed by atoms with Gasteiger partial charge >= 0.3 is 0 Å². The Hall–Kier alpha value is -1.39. The number of Topliss-reactive ketones (excluding diaryl/α,β-unsaturated/α-hetero) is 1. The molecular weight excluding hydrogens is 240 g/mol. The molecule has 2 rings (SSSR count). The molecule has 1 fully saturated rings. The van der Waals surface area contributed by atoms with Crippen LogP contribution in [0.15, 0.2) is 24.3 Å². The van der Waals surface area contributed by atoms with Crippen LogP contribution >= 0.6 is 0 Å². The molecule has 0 amide bonds. The molecule has 1 aromatic carbocycles. The lowest BCUT2D eigenvalue weighted by molar-refractivity contribution is 0.101. The lowest BCUT2D eigenvalue weighted by atomic mass is 10.1. The molecular formula is C15H22N2O2. The van der Waals surface area contributed by atoms with Crippen LogP contribution in [-0.2, 0) is 0 Å². The number of nitrogens with zero attached hydrogens (tertiary/aromatic N) is 1. The van der Waals surface area contributed by atoms with E-state index in [1.165, 1.54) is 0 Å². The van der Waals surface area contributed by atoms with Crippen LogP contribution < -0.4 is 10.1 Å². The van der Waals surface area contributed by atoms with Crippen LogP contribution in [0.5, 0.6) is 5.75 Å². The van der Waals surface area contributed by atoms with E-state index in [1.807, 2.05) is 24.3 Å². The molecule has 0 aromatic heterocycles. The van der Waals surface area contributed by atoms with Crippen molar-refractivity contribution in [2.75, 3.05) is 32.8 Å². The summed E-state index contributed by atoms with van der Waals surface area (Å²) in [4.78, 5) is 13.9. The van der Waals surface area contributed by atoms with Crippen molar-refractivity contribution < 1.29 is 9.53 Å². The number of nitrogens with one attached hydrogen (secondary N) is 1. The SMILES string of the molecule is CC(=O)c1ccccc1OCCN1CCNC[C@@H]1C. The van der Waals surface area contributed by atoms with E-state index in [4.69, 9.17) is 4.74 Å². The minimum atomic E-state index is 0.0474. The Morgan fingerprint density at radius 3 is 3.00 bits per heavy atom. The first-order valence-corrected chi connectivity index (χ1v) is 6.86. The molecule has 0 aliphatic carbocycles. The third kappa shape index (κ3) is 3.78. The molecule has 0 unspecified atom stereocenters. The van der Waals surface area contributed by atoms with Crippen LogP contribution in [0.4, 0.5) is 0 Å². The number of piperazine rings is 1. The highest BCUT2D eigenvalue weighted by molar-refractivity contribution is 5.96. The number of para-hydroxylation sites is 1. The molecule has 0 radical (unpaired) electrons. The highest BCUT2D eigenvalue weighted by atomic mass is 16.5. The second-order valence-electron chi connectivity index (χ2n) is 4.99. The molecule has 1 aliphatic heterocycles. The van der Waals surface area contributed by atoms with Crippen molar-refractivity contribution in [2.45, 2.75) is 19.9 Å². The quantitative estimate of drug-likeness (QED) is 0.818. The van der Waals surface area contributed by atoms with Gasteiger partial charge < -0.3 is 10.1 Å². The summed E-state index contributed by atoms with van der Waals surface area (Å²) in [7, 11) is 0. The minimum Gasteiger partial charge on any atom is -0.491 e. The lowest BCUT2D eigenvalue weighted by Crippen LogP contribution is -2.50. The van der Waals surface area contributed by atoms with Gasteiger partial charge in [0.1, 0.15) is 12.4 Å². The van der Waals surface area contributed by atoms with Crippen LogP contribution in [0.1, 0.15) is 24.2 Å². The maximum absolute atomic E-state index is 11.5. The number of hydrogen-bond donors (Lipinski definition) is 1. The van der Waals surface area contributed by atoms with Gasteiger partial charge in [0, 0.05) is 32.2 Å². The van der Waals surface area contributed by atoms with Crippen molar-refractivity contribution in [1.29, 1.82) is 0 Å². The smallest absolute Gasteiger partial charge is 0.163 e. The van der Waals surface area contributed by atoms with Gasteiger partial charge in [-0.05, 0) is 26.0 Å². The maximum atomic E-state index is 11.5. The minimum absolute atomic E-state index is 0.0474. The molecule has 4 nitrogen and oxygen atoms in total. The van der Waals surface area contributed by atoms with E-state index in [2.05, 4.69) is 17.1 Å². The fourth-order valence-electron chi connectivity index (χ4n) is 2.37. The number of carbonyl (C=O) groups excluding carboxylic acids is 1. The summed E-state index contributed by atoms with van der Waals surface area (Å²) in [6, 6.07) is 7.97. The molecule has 1 saturated heterocycles. The number of benzene rings is 1. The highest BCUT2D eigenvalue weighted by Gasteiger charge is 2.17. The van der Waals surface area contributed by atoms with E-state index in [-0.39, 0.29) is 5.78 Å². The van der Waals surface area contributed by atoms with Crippen LogP contribution in [-0.4, -0.2) is 49.5 Å². The third-order valence-corrected chi connectivity index (χ3v) is 3.54. The molecule has 1 atom stereocenters. The largest absolute Gasteiger partial charge is 0.491 e. The Labute approximate surface area is 114 Å². The topological polar surface area (TPSA) is 41.6 Å². The molecule has 0 saturated carbocycles. The second-order valence-corrected chi connectivity index (χ2v) is 4.99. The Bertz CT molecular complexity index is 434. The Kier molecular flexibility index (Phi) is 4.93. The lowest BCUT2D eigenvalue weighted by Gasteiger charge is -2.33. The van der Waals surface area contributed by atoms with Crippen molar-refractivity contribution in [1.82, 2.24) is 10.2 Å². The van der Waals surface area contributed by atoms with Crippen LogP contribution in [0.3, 0.4) is 0 Å². The van der Waals surface area contributed by atoms with E-state index < -0.39 is 0 Å². The molecule has 4 heteroatoms. The van der Waals surface area contributed by atoms with Crippen molar-refractivity contribution in [2.24, 2.45) is 0 Å². The summed E-state index contributed by atoms with van der Waals surface area (Å²) in [5.41, 5.74) is 0.663. The zero-order valence-electron chi connectivity index (χ0n) is 11.7. The maximum Gasteiger partial charge on any atom is 0.163 e. The summed E-state index contributed by atoms with van der Waals surface area (Å²) in [6.07, 6.45) is 0. The molecule has 19 heavy (non-hydrogen) atoms. The average molecular weight is 262 g/mol. The zero-order valence-corrected chi connectivity index (χ0v) is 11.7. The molecule has 1 N–H and O–H groups in total. The molecule has 104 valence electrons. The fourth-order valence-corrected chi connectivity index (χ4v) is 2.37. The Morgan fingerprint density at radius 2 is 2.26 bits per heavy atom. The fraction of sp³-hybridized carbons (Fsp3) is 0.533. The van der Waals surface area contributed by atoms with Crippen molar-refractivity contribution >= 4 is 5.78 Å². The van der Waals surface area contributed by atoms with E-state index >= 15 is 0 Å². The number of rotatable bonds is 5. The van der Waals surface area contributed by atoms with Gasteiger partial charge in [-0.25, -0.2) is 0 Å². The first-order chi connectivity index (χ1) is 9.18.